The molecule has 0 bridgehead atoms. The van der Waals surface area contributed by atoms with E-state index in [-0.39, 0.29) is 11.8 Å². The minimum Gasteiger partial charge on any atom is -0.390 e. The van der Waals surface area contributed by atoms with Gasteiger partial charge in [0.25, 0.3) is 0 Å². The van der Waals surface area contributed by atoms with Crippen molar-refractivity contribution in [1.29, 1.82) is 0 Å². The Morgan fingerprint density at radius 2 is 2.23 bits per heavy atom. The molecule has 0 spiro atoms. The highest BCUT2D eigenvalue weighted by molar-refractivity contribution is 7.09. The number of β-amino-alcohol motifs (C(OH)–C–C–N with tert-alkyl or cyclic N) is 1. The third-order valence-corrected chi connectivity index (χ3v) is 5.29. The highest BCUT2D eigenvalue weighted by atomic mass is 32.1. The van der Waals surface area contributed by atoms with Gasteiger partial charge in [-0.05, 0) is 49.7 Å². The molecule has 0 aromatic carbocycles. The van der Waals surface area contributed by atoms with Gasteiger partial charge in [0.2, 0.25) is 5.91 Å². The molecular weight excluding hydrogens is 296 g/mol. The normalized spacial score (nSPS) is 19.8. The molecule has 5 heteroatoms. The lowest BCUT2D eigenvalue weighted by atomic mass is 9.99. The summed E-state index contributed by atoms with van der Waals surface area (Å²) in [6.07, 6.45) is 2.70. The number of hydrogen-bond donors (Lipinski definition) is 2. The monoisotopic (exact) mass is 324 g/mol. The first-order valence-corrected chi connectivity index (χ1v) is 9.13. The van der Waals surface area contributed by atoms with Crippen LogP contribution in [0, 0.1) is 11.8 Å². The second kappa shape index (κ2) is 8.65. The Morgan fingerprint density at radius 3 is 2.86 bits per heavy atom. The molecule has 1 aliphatic heterocycles. The number of carbonyl (C=O) groups is 1. The fraction of sp³-hybridized carbons (Fsp3) is 0.706. The van der Waals surface area contributed by atoms with Crippen LogP contribution in [0.2, 0.25) is 0 Å². The van der Waals surface area contributed by atoms with Gasteiger partial charge in [-0.15, -0.1) is 11.3 Å². The molecule has 2 heterocycles. The molecule has 124 valence electrons. The minimum atomic E-state index is -0.480. The third-order valence-electron chi connectivity index (χ3n) is 4.39. The lowest BCUT2D eigenvalue weighted by Gasteiger charge is -2.31. The molecule has 1 aromatic heterocycles. The van der Waals surface area contributed by atoms with Crippen LogP contribution in [0.1, 0.15) is 31.6 Å². The maximum atomic E-state index is 12.1. The van der Waals surface area contributed by atoms with Gasteiger partial charge in [-0.25, -0.2) is 0 Å². The summed E-state index contributed by atoms with van der Waals surface area (Å²) in [5.74, 6) is 0.771. The zero-order valence-corrected chi connectivity index (χ0v) is 14.4. The van der Waals surface area contributed by atoms with E-state index in [1.54, 1.807) is 11.3 Å². The fourth-order valence-corrected chi connectivity index (χ4v) is 3.66. The number of hydrogen-bond acceptors (Lipinski definition) is 4. The number of rotatable bonds is 7. The van der Waals surface area contributed by atoms with E-state index in [1.165, 1.54) is 17.7 Å². The van der Waals surface area contributed by atoms with Crippen molar-refractivity contribution in [2.45, 2.75) is 39.2 Å². The summed E-state index contributed by atoms with van der Waals surface area (Å²) in [5, 5.41) is 15.0. The first-order valence-electron chi connectivity index (χ1n) is 8.25. The van der Waals surface area contributed by atoms with E-state index >= 15 is 0 Å². The highest BCUT2D eigenvalue weighted by Crippen LogP contribution is 2.16. The molecule has 2 atom stereocenters. The predicted octanol–water partition coefficient (Wildman–Crippen LogP) is 2.14. The minimum absolute atomic E-state index is 0.0275. The number of carbonyl (C=O) groups excluding carboxylic acids is 1. The van der Waals surface area contributed by atoms with Crippen LogP contribution in [0.15, 0.2) is 17.5 Å². The summed E-state index contributed by atoms with van der Waals surface area (Å²) in [7, 11) is 0. The molecule has 0 radical (unpaired) electrons. The summed E-state index contributed by atoms with van der Waals surface area (Å²) < 4.78 is 0. The topological polar surface area (TPSA) is 52.6 Å². The molecule has 0 aliphatic carbocycles. The SMILES string of the molecule is CC1CCN(CC(O)CNC(=O)C(C)Cc2cccs2)CC1. The van der Waals surface area contributed by atoms with Crippen molar-refractivity contribution in [2.24, 2.45) is 11.8 Å². The summed E-state index contributed by atoms with van der Waals surface area (Å²) in [6.45, 7) is 7.34. The van der Waals surface area contributed by atoms with Gasteiger partial charge in [-0.1, -0.05) is 19.9 Å². The summed E-state index contributed by atoms with van der Waals surface area (Å²) in [4.78, 5) is 15.6. The quantitative estimate of drug-likeness (QED) is 0.808. The van der Waals surface area contributed by atoms with Crippen molar-refractivity contribution in [3.63, 3.8) is 0 Å². The Hall–Kier alpha value is -0.910. The maximum Gasteiger partial charge on any atom is 0.223 e. The van der Waals surface area contributed by atoms with E-state index in [2.05, 4.69) is 23.2 Å². The van der Waals surface area contributed by atoms with Gasteiger partial charge in [0.15, 0.2) is 0 Å². The van der Waals surface area contributed by atoms with Crippen LogP contribution in [0.4, 0.5) is 0 Å². The zero-order chi connectivity index (χ0) is 15.9. The molecule has 4 nitrogen and oxygen atoms in total. The van der Waals surface area contributed by atoms with Gasteiger partial charge < -0.3 is 15.3 Å². The van der Waals surface area contributed by atoms with E-state index in [9.17, 15) is 9.90 Å². The summed E-state index contributed by atoms with van der Waals surface area (Å²) >= 11 is 1.68. The van der Waals surface area contributed by atoms with E-state index < -0.39 is 6.10 Å². The van der Waals surface area contributed by atoms with Gasteiger partial charge in [-0.3, -0.25) is 4.79 Å². The molecule has 1 saturated heterocycles. The van der Waals surface area contributed by atoms with E-state index in [4.69, 9.17) is 0 Å². The lowest BCUT2D eigenvalue weighted by Crippen LogP contribution is -2.44. The van der Waals surface area contributed by atoms with E-state index in [0.29, 0.717) is 13.1 Å². The zero-order valence-electron chi connectivity index (χ0n) is 13.6. The smallest absolute Gasteiger partial charge is 0.223 e. The fourth-order valence-electron chi connectivity index (χ4n) is 2.82. The van der Waals surface area contributed by atoms with Crippen molar-refractivity contribution in [3.05, 3.63) is 22.4 Å². The number of thiophene rings is 1. The Bertz CT molecular complexity index is 442. The van der Waals surface area contributed by atoms with E-state index in [1.807, 2.05) is 18.4 Å². The Kier molecular flexibility index (Phi) is 6.86. The van der Waals surface area contributed by atoms with Crippen LogP contribution in [0.5, 0.6) is 0 Å². The van der Waals surface area contributed by atoms with Crippen molar-refractivity contribution >= 4 is 17.2 Å². The Labute approximate surface area is 137 Å². The number of nitrogens with zero attached hydrogens (tertiary/aromatic N) is 1. The summed E-state index contributed by atoms with van der Waals surface area (Å²) in [5.41, 5.74) is 0. The first kappa shape index (κ1) is 17.4. The van der Waals surface area contributed by atoms with Gasteiger partial charge in [0, 0.05) is 23.9 Å². The van der Waals surface area contributed by atoms with Crippen LogP contribution < -0.4 is 5.32 Å². The number of aliphatic hydroxyl groups is 1. The molecule has 1 fully saturated rings. The van der Waals surface area contributed by atoms with Crippen molar-refractivity contribution in [2.75, 3.05) is 26.2 Å². The van der Waals surface area contributed by atoms with Gasteiger partial charge in [-0.2, -0.15) is 0 Å². The standard InChI is InChI=1S/C17H28N2O2S/c1-13-5-7-19(8-6-13)12-15(20)11-18-17(21)14(2)10-16-4-3-9-22-16/h3-4,9,13-15,20H,5-8,10-12H2,1-2H3,(H,18,21). The molecule has 1 amide bonds. The molecular formula is C17H28N2O2S. The molecule has 0 saturated carbocycles. The largest absolute Gasteiger partial charge is 0.390 e. The van der Waals surface area contributed by atoms with Crippen LogP contribution in [0.3, 0.4) is 0 Å². The van der Waals surface area contributed by atoms with Crippen molar-refractivity contribution < 1.29 is 9.90 Å². The number of aliphatic hydroxyl groups excluding tert-OH is 1. The molecule has 2 unspecified atom stereocenters. The third kappa shape index (κ3) is 5.71. The van der Waals surface area contributed by atoms with Crippen LogP contribution >= 0.6 is 11.3 Å². The molecule has 2 N–H and O–H groups in total. The van der Waals surface area contributed by atoms with Crippen molar-refractivity contribution in [1.82, 2.24) is 10.2 Å². The average Bonchev–Trinajstić information content (AvgIpc) is 3.00. The average molecular weight is 324 g/mol. The number of likely N-dealkylation sites (tertiary alicyclic amines) is 1. The lowest BCUT2D eigenvalue weighted by molar-refractivity contribution is -0.125. The number of nitrogens with one attached hydrogen (secondary N) is 1. The second-order valence-electron chi connectivity index (χ2n) is 6.57. The molecule has 1 aliphatic rings. The second-order valence-corrected chi connectivity index (χ2v) is 7.60. The maximum absolute atomic E-state index is 12.1. The molecule has 22 heavy (non-hydrogen) atoms. The Morgan fingerprint density at radius 1 is 1.50 bits per heavy atom. The van der Waals surface area contributed by atoms with Crippen molar-refractivity contribution in [3.8, 4) is 0 Å². The number of piperidine rings is 1. The van der Waals surface area contributed by atoms with Crippen LogP contribution in [-0.2, 0) is 11.2 Å². The number of amides is 1. The summed E-state index contributed by atoms with van der Waals surface area (Å²) in [6, 6.07) is 4.06. The van der Waals surface area contributed by atoms with E-state index in [0.717, 1.165) is 25.4 Å². The predicted molar refractivity (Wildman–Crippen MR) is 91.0 cm³/mol. The van der Waals surface area contributed by atoms with Gasteiger partial charge in [0.1, 0.15) is 0 Å². The van der Waals surface area contributed by atoms with Crippen LogP contribution in [-0.4, -0.2) is 48.2 Å². The van der Waals surface area contributed by atoms with Gasteiger partial charge in [0.05, 0.1) is 6.10 Å². The first-order chi connectivity index (χ1) is 10.5. The highest BCUT2D eigenvalue weighted by Gasteiger charge is 2.19. The Balaban J connectivity index is 1.64. The molecule has 2 rings (SSSR count). The van der Waals surface area contributed by atoms with Crippen LogP contribution in [0.25, 0.3) is 0 Å². The van der Waals surface area contributed by atoms with Gasteiger partial charge >= 0.3 is 0 Å². The molecule has 1 aromatic rings.